The molecule has 0 fully saturated rings. The molecule has 1 N–H and O–H groups in total. The quantitative estimate of drug-likeness (QED) is 0.478. The molecule has 2 nitrogen and oxygen atoms in total. The summed E-state index contributed by atoms with van der Waals surface area (Å²) in [6.07, 6.45) is 1.31. The fourth-order valence-corrected chi connectivity index (χ4v) is 3.03. The zero-order valence-corrected chi connectivity index (χ0v) is 11.3. The predicted octanol–water partition coefficient (Wildman–Crippen LogP) is 4.84. The van der Waals surface area contributed by atoms with Gasteiger partial charge >= 0.3 is 0 Å². The van der Waals surface area contributed by atoms with Crippen LogP contribution in [0.4, 0.5) is 0 Å². The Bertz CT molecular complexity index is 561. The molecule has 2 rings (SSSR count). The first-order valence-electron chi connectivity index (χ1n) is 4.85. The van der Waals surface area contributed by atoms with E-state index in [9.17, 15) is 0 Å². The van der Waals surface area contributed by atoms with Crippen LogP contribution in [-0.4, -0.2) is 11.4 Å². The van der Waals surface area contributed by atoms with E-state index < -0.39 is 0 Å². The number of hydrogen-bond donors (Lipinski definition) is 1. The highest BCUT2D eigenvalue weighted by atomic mass is 35.5. The summed E-state index contributed by atoms with van der Waals surface area (Å²) in [7, 11) is 0. The molecule has 0 amide bonds. The van der Waals surface area contributed by atoms with Crippen LogP contribution < -0.4 is 0 Å². The van der Waals surface area contributed by atoms with Crippen molar-refractivity contribution in [2.45, 2.75) is 6.92 Å². The Labute approximate surface area is 113 Å². The maximum atomic E-state index is 8.64. The van der Waals surface area contributed by atoms with Crippen LogP contribution in [-0.2, 0) is 0 Å². The van der Waals surface area contributed by atoms with E-state index in [1.165, 1.54) is 23.1 Å². The SMILES string of the molecule is Cc1ccc(-c2sc(Cl)c(Cl)c2C=NO)cc1. The number of thiophene rings is 1. The fourth-order valence-electron chi connectivity index (χ4n) is 1.49. The van der Waals surface area contributed by atoms with Crippen molar-refractivity contribution in [2.24, 2.45) is 5.16 Å². The van der Waals surface area contributed by atoms with Gasteiger partial charge < -0.3 is 5.21 Å². The van der Waals surface area contributed by atoms with Crippen LogP contribution in [0.15, 0.2) is 29.4 Å². The molecule has 0 spiro atoms. The molecule has 0 saturated heterocycles. The van der Waals surface area contributed by atoms with Crippen LogP contribution in [0.5, 0.6) is 0 Å². The minimum absolute atomic E-state index is 0.421. The topological polar surface area (TPSA) is 32.6 Å². The van der Waals surface area contributed by atoms with Crippen molar-refractivity contribution < 1.29 is 5.21 Å². The minimum Gasteiger partial charge on any atom is -0.411 e. The van der Waals surface area contributed by atoms with Gasteiger partial charge in [0.15, 0.2) is 0 Å². The molecule has 0 bridgehead atoms. The third-order valence-corrected chi connectivity index (χ3v) is 4.41. The smallest absolute Gasteiger partial charge is 0.113 e. The normalized spacial score (nSPS) is 11.2. The van der Waals surface area contributed by atoms with Gasteiger partial charge in [-0.1, -0.05) is 58.2 Å². The third kappa shape index (κ3) is 2.46. The number of aryl methyl sites for hydroxylation is 1. The van der Waals surface area contributed by atoms with Gasteiger partial charge in [-0.2, -0.15) is 0 Å². The molecule has 0 unspecified atom stereocenters. The van der Waals surface area contributed by atoms with E-state index in [1.54, 1.807) is 0 Å². The molecule has 1 aromatic heterocycles. The second-order valence-electron chi connectivity index (χ2n) is 3.54. The van der Waals surface area contributed by atoms with Crippen LogP contribution in [0.1, 0.15) is 11.1 Å². The summed E-state index contributed by atoms with van der Waals surface area (Å²) in [5, 5.41) is 12.1. The van der Waals surface area contributed by atoms with E-state index in [2.05, 4.69) is 5.16 Å². The lowest BCUT2D eigenvalue weighted by atomic mass is 10.1. The first-order chi connectivity index (χ1) is 8.13. The zero-order valence-electron chi connectivity index (χ0n) is 8.95. The van der Waals surface area contributed by atoms with Crippen LogP contribution >= 0.6 is 34.5 Å². The van der Waals surface area contributed by atoms with E-state index in [1.807, 2.05) is 31.2 Å². The summed E-state index contributed by atoms with van der Waals surface area (Å²) >= 11 is 13.4. The molecule has 88 valence electrons. The first kappa shape index (κ1) is 12.4. The Hall–Kier alpha value is -1.03. The van der Waals surface area contributed by atoms with Gasteiger partial charge in [0, 0.05) is 10.4 Å². The molecule has 1 heterocycles. The van der Waals surface area contributed by atoms with Gasteiger partial charge in [-0.05, 0) is 12.5 Å². The lowest BCUT2D eigenvalue weighted by molar-refractivity contribution is 0.322. The van der Waals surface area contributed by atoms with E-state index in [0.717, 1.165) is 10.4 Å². The number of nitrogens with zero attached hydrogens (tertiary/aromatic N) is 1. The highest BCUT2D eigenvalue weighted by Crippen LogP contribution is 2.41. The van der Waals surface area contributed by atoms with Crippen LogP contribution in [0.2, 0.25) is 9.36 Å². The van der Waals surface area contributed by atoms with E-state index in [0.29, 0.717) is 14.9 Å². The van der Waals surface area contributed by atoms with E-state index in [-0.39, 0.29) is 0 Å². The summed E-state index contributed by atoms with van der Waals surface area (Å²) < 4.78 is 0.497. The Morgan fingerprint density at radius 2 is 1.88 bits per heavy atom. The maximum Gasteiger partial charge on any atom is 0.113 e. The summed E-state index contributed by atoms with van der Waals surface area (Å²) in [6, 6.07) is 8.00. The Morgan fingerprint density at radius 1 is 1.24 bits per heavy atom. The number of rotatable bonds is 2. The second-order valence-corrected chi connectivity index (χ2v) is 5.54. The van der Waals surface area contributed by atoms with Gasteiger partial charge in [-0.15, -0.1) is 11.3 Å². The molecule has 0 radical (unpaired) electrons. The van der Waals surface area contributed by atoms with Gasteiger partial charge in [0.1, 0.15) is 4.34 Å². The van der Waals surface area contributed by atoms with Gasteiger partial charge in [-0.25, -0.2) is 0 Å². The molecule has 0 atom stereocenters. The van der Waals surface area contributed by atoms with Crippen LogP contribution in [0.3, 0.4) is 0 Å². The summed E-state index contributed by atoms with van der Waals surface area (Å²) in [5.41, 5.74) is 2.83. The standard InChI is InChI=1S/C12H9Cl2NOS/c1-7-2-4-8(5-3-7)11-9(6-15-16)10(13)12(14)17-11/h2-6,16H,1H3. The van der Waals surface area contributed by atoms with Crippen molar-refractivity contribution >= 4 is 40.8 Å². The van der Waals surface area contributed by atoms with Gasteiger partial charge in [0.2, 0.25) is 0 Å². The number of oxime groups is 1. The average molecular weight is 286 g/mol. The Morgan fingerprint density at radius 3 is 2.47 bits per heavy atom. The van der Waals surface area contributed by atoms with Crippen LogP contribution in [0.25, 0.3) is 10.4 Å². The lowest BCUT2D eigenvalue weighted by Crippen LogP contribution is -1.83. The van der Waals surface area contributed by atoms with Crippen molar-refractivity contribution in [2.75, 3.05) is 0 Å². The number of halogens is 2. The molecular formula is C12H9Cl2NOS. The second kappa shape index (κ2) is 5.08. The number of benzene rings is 1. The summed E-state index contributed by atoms with van der Waals surface area (Å²) in [6.45, 7) is 2.02. The predicted molar refractivity (Wildman–Crippen MR) is 73.9 cm³/mol. The van der Waals surface area contributed by atoms with Crippen molar-refractivity contribution in [3.05, 3.63) is 44.8 Å². The van der Waals surface area contributed by atoms with Gasteiger partial charge in [-0.3, -0.25) is 0 Å². The van der Waals surface area contributed by atoms with Gasteiger partial charge in [0.05, 0.1) is 11.2 Å². The average Bonchev–Trinajstić information content (AvgIpc) is 2.59. The Kier molecular flexibility index (Phi) is 3.72. The molecule has 0 saturated carbocycles. The summed E-state index contributed by atoms with van der Waals surface area (Å²) in [4.78, 5) is 0.901. The van der Waals surface area contributed by atoms with Crippen molar-refractivity contribution in [1.82, 2.24) is 0 Å². The van der Waals surface area contributed by atoms with Crippen molar-refractivity contribution in [3.63, 3.8) is 0 Å². The monoisotopic (exact) mass is 285 g/mol. The Balaban J connectivity index is 2.58. The fraction of sp³-hybridized carbons (Fsp3) is 0.0833. The molecule has 2 aromatic rings. The largest absolute Gasteiger partial charge is 0.411 e. The maximum absolute atomic E-state index is 8.64. The molecule has 0 aliphatic carbocycles. The highest BCUT2D eigenvalue weighted by molar-refractivity contribution is 7.20. The highest BCUT2D eigenvalue weighted by Gasteiger charge is 2.15. The molecule has 17 heavy (non-hydrogen) atoms. The lowest BCUT2D eigenvalue weighted by Gasteiger charge is -2.00. The third-order valence-electron chi connectivity index (χ3n) is 2.35. The molecule has 0 aliphatic heterocycles. The zero-order chi connectivity index (χ0) is 12.4. The first-order valence-corrected chi connectivity index (χ1v) is 6.43. The number of hydrogen-bond acceptors (Lipinski definition) is 3. The molecule has 1 aromatic carbocycles. The van der Waals surface area contributed by atoms with Crippen LogP contribution in [0, 0.1) is 6.92 Å². The van der Waals surface area contributed by atoms with Gasteiger partial charge in [0.25, 0.3) is 0 Å². The molecular weight excluding hydrogens is 277 g/mol. The molecule has 0 aliphatic rings. The van der Waals surface area contributed by atoms with Crippen molar-refractivity contribution in [3.8, 4) is 10.4 Å². The van der Waals surface area contributed by atoms with Crippen molar-refractivity contribution in [1.29, 1.82) is 0 Å². The van der Waals surface area contributed by atoms with E-state index in [4.69, 9.17) is 28.4 Å². The minimum atomic E-state index is 0.421. The van der Waals surface area contributed by atoms with E-state index >= 15 is 0 Å². The molecule has 5 heteroatoms. The summed E-state index contributed by atoms with van der Waals surface area (Å²) in [5.74, 6) is 0.